The fourth-order valence-electron chi connectivity index (χ4n) is 3.21. The third-order valence-electron chi connectivity index (χ3n) is 4.62. The van der Waals surface area contributed by atoms with Crippen molar-refractivity contribution in [1.29, 1.82) is 0 Å². The average molecular weight is 337 g/mol. The Morgan fingerprint density at radius 3 is 2.84 bits per heavy atom. The van der Waals surface area contributed by atoms with E-state index in [0.717, 1.165) is 25.1 Å². The van der Waals surface area contributed by atoms with Crippen LogP contribution in [-0.2, 0) is 25.9 Å². The maximum Gasteiger partial charge on any atom is 0.278 e. The molecule has 1 aliphatic rings. The molecule has 25 heavy (non-hydrogen) atoms. The van der Waals surface area contributed by atoms with Gasteiger partial charge in [-0.15, -0.1) is 0 Å². The molecular weight excluding hydrogens is 318 g/mol. The first kappa shape index (κ1) is 15.6. The standard InChI is InChI=1S/C18H19N5O2/c1-13-17(21-25-20-13)18(24)22-10-8-16-15(11-22)19-12-23(16)9-7-14-5-3-2-4-6-14/h2-6,12H,7-11H2,1H3. The molecule has 0 saturated heterocycles. The van der Waals surface area contributed by atoms with Gasteiger partial charge in [-0.25, -0.2) is 9.61 Å². The first-order valence-corrected chi connectivity index (χ1v) is 8.37. The van der Waals surface area contributed by atoms with Gasteiger partial charge in [0.2, 0.25) is 0 Å². The summed E-state index contributed by atoms with van der Waals surface area (Å²) >= 11 is 0. The van der Waals surface area contributed by atoms with Crippen LogP contribution in [0.2, 0.25) is 0 Å². The molecule has 0 fully saturated rings. The second kappa shape index (κ2) is 6.51. The van der Waals surface area contributed by atoms with Gasteiger partial charge < -0.3 is 9.47 Å². The number of aromatic nitrogens is 4. The van der Waals surface area contributed by atoms with E-state index in [0.29, 0.717) is 18.8 Å². The molecule has 0 atom stereocenters. The normalized spacial score (nSPS) is 13.7. The molecule has 2 aromatic heterocycles. The third-order valence-corrected chi connectivity index (χ3v) is 4.62. The van der Waals surface area contributed by atoms with E-state index < -0.39 is 0 Å². The van der Waals surface area contributed by atoms with Crippen LogP contribution >= 0.6 is 0 Å². The Morgan fingerprint density at radius 2 is 2.08 bits per heavy atom. The number of benzene rings is 1. The molecular formula is C18H19N5O2. The zero-order valence-corrected chi connectivity index (χ0v) is 14.1. The van der Waals surface area contributed by atoms with Gasteiger partial charge in [0.15, 0.2) is 5.69 Å². The number of carbonyl (C=O) groups excluding carboxylic acids is 1. The van der Waals surface area contributed by atoms with Gasteiger partial charge in [0.05, 0.1) is 18.6 Å². The van der Waals surface area contributed by atoms with Gasteiger partial charge >= 0.3 is 0 Å². The molecule has 0 aliphatic carbocycles. The SMILES string of the molecule is Cc1nonc1C(=O)N1CCc2c(ncn2CCc2ccccc2)C1. The van der Waals surface area contributed by atoms with Crippen LogP contribution in [0.25, 0.3) is 0 Å². The minimum Gasteiger partial charge on any atom is -0.334 e. The molecule has 1 aromatic carbocycles. The summed E-state index contributed by atoms with van der Waals surface area (Å²) < 4.78 is 6.84. The number of rotatable bonds is 4. The van der Waals surface area contributed by atoms with Crippen LogP contribution in [0.1, 0.15) is 33.1 Å². The van der Waals surface area contributed by atoms with Crippen molar-refractivity contribution in [2.24, 2.45) is 0 Å². The first-order valence-electron chi connectivity index (χ1n) is 8.37. The van der Waals surface area contributed by atoms with Crippen LogP contribution in [0.5, 0.6) is 0 Å². The highest BCUT2D eigenvalue weighted by Gasteiger charge is 2.28. The molecule has 1 amide bonds. The number of fused-ring (bicyclic) bond motifs is 1. The van der Waals surface area contributed by atoms with Crippen molar-refractivity contribution < 1.29 is 9.42 Å². The van der Waals surface area contributed by atoms with Crippen molar-refractivity contribution in [1.82, 2.24) is 24.8 Å². The fraction of sp³-hybridized carbons (Fsp3) is 0.333. The topological polar surface area (TPSA) is 77.1 Å². The average Bonchev–Trinajstić information content (AvgIpc) is 3.25. The van der Waals surface area contributed by atoms with Gasteiger partial charge in [-0.2, -0.15) is 0 Å². The monoisotopic (exact) mass is 337 g/mol. The zero-order valence-electron chi connectivity index (χ0n) is 14.1. The summed E-state index contributed by atoms with van der Waals surface area (Å²) in [6.45, 7) is 3.76. The van der Waals surface area contributed by atoms with E-state index in [1.807, 2.05) is 12.4 Å². The minimum atomic E-state index is -0.150. The molecule has 7 heteroatoms. The van der Waals surface area contributed by atoms with Gasteiger partial charge in [-0.3, -0.25) is 4.79 Å². The molecule has 7 nitrogen and oxygen atoms in total. The lowest BCUT2D eigenvalue weighted by Crippen LogP contribution is -2.37. The lowest BCUT2D eigenvalue weighted by molar-refractivity contribution is 0.0719. The van der Waals surface area contributed by atoms with E-state index in [1.54, 1.807) is 11.8 Å². The molecule has 0 unspecified atom stereocenters. The van der Waals surface area contributed by atoms with E-state index in [-0.39, 0.29) is 11.6 Å². The number of hydrogen-bond donors (Lipinski definition) is 0. The Kier molecular flexibility index (Phi) is 4.05. The van der Waals surface area contributed by atoms with Crippen molar-refractivity contribution in [3.63, 3.8) is 0 Å². The quantitative estimate of drug-likeness (QED) is 0.728. The molecule has 0 radical (unpaired) electrons. The maximum atomic E-state index is 12.5. The fourth-order valence-corrected chi connectivity index (χ4v) is 3.21. The number of imidazole rings is 1. The molecule has 0 spiro atoms. The van der Waals surface area contributed by atoms with Crippen LogP contribution in [0, 0.1) is 6.92 Å². The minimum absolute atomic E-state index is 0.150. The Balaban J connectivity index is 1.45. The number of amides is 1. The summed E-state index contributed by atoms with van der Waals surface area (Å²) in [4.78, 5) is 18.8. The summed E-state index contributed by atoms with van der Waals surface area (Å²) in [7, 11) is 0. The molecule has 4 rings (SSSR count). The third kappa shape index (κ3) is 3.05. The van der Waals surface area contributed by atoms with Crippen LogP contribution in [-0.4, -0.2) is 37.2 Å². The number of aryl methyl sites for hydroxylation is 3. The van der Waals surface area contributed by atoms with Gasteiger partial charge in [0.25, 0.3) is 5.91 Å². The predicted octanol–water partition coefficient (Wildman–Crippen LogP) is 2.02. The van der Waals surface area contributed by atoms with Crippen LogP contribution in [0.3, 0.4) is 0 Å². The highest BCUT2D eigenvalue weighted by atomic mass is 16.6. The van der Waals surface area contributed by atoms with E-state index >= 15 is 0 Å². The van der Waals surface area contributed by atoms with Crippen molar-refractivity contribution in [2.75, 3.05) is 6.54 Å². The molecule has 3 aromatic rings. The lowest BCUT2D eigenvalue weighted by Gasteiger charge is -2.26. The van der Waals surface area contributed by atoms with Gasteiger partial charge in [0, 0.05) is 25.2 Å². The Hall–Kier alpha value is -2.96. The maximum absolute atomic E-state index is 12.5. The molecule has 0 saturated carbocycles. The molecule has 3 heterocycles. The summed E-state index contributed by atoms with van der Waals surface area (Å²) in [6.07, 6.45) is 3.64. The Morgan fingerprint density at radius 1 is 1.24 bits per heavy atom. The smallest absolute Gasteiger partial charge is 0.278 e. The Bertz CT molecular complexity index is 884. The molecule has 128 valence electrons. The largest absolute Gasteiger partial charge is 0.334 e. The van der Waals surface area contributed by atoms with Crippen molar-refractivity contribution >= 4 is 5.91 Å². The van der Waals surface area contributed by atoms with Gasteiger partial charge in [-0.05, 0) is 24.1 Å². The molecule has 1 aliphatic heterocycles. The lowest BCUT2D eigenvalue weighted by atomic mass is 10.1. The second-order valence-electron chi connectivity index (χ2n) is 6.24. The predicted molar refractivity (Wildman–Crippen MR) is 89.9 cm³/mol. The van der Waals surface area contributed by atoms with E-state index in [9.17, 15) is 4.79 Å². The van der Waals surface area contributed by atoms with Crippen molar-refractivity contribution in [3.8, 4) is 0 Å². The number of hydrogen-bond acceptors (Lipinski definition) is 5. The van der Waals surface area contributed by atoms with E-state index in [4.69, 9.17) is 0 Å². The zero-order chi connectivity index (χ0) is 17.2. The summed E-state index contributed by atoms with van der Waals surface area (Å²) in [5.74, 6) is -0.150. The van der Waals surface area contributed by atoms with E-state index in [1.165, 1.54) is 11.3 Å². The Labute approximate surface area is 145 Å². The van der Waals surface area contributed by atoms with Crippen molar-refractivity contribution in [2.45, 2.75) is 32.9 Å². The highest BCUT2D eigenvalue weighted by molar-refractivity contribution is 5.93. The first-order chi connectivity index (χ1) is 12.2. The molecule has 0 bridgehead atoms. The van der Waals surface area contributed by atoms with Crippen molar-refractivity contribution in [3.05, 3.63) is 65.0 Å². The van der Waals surface area contributed by atoms with E-state index in [2.05, 4.69) is 48.8 Å². The van der Waals surface area contributed by atoms with Gasteiger partial charge in [-0.1, -0.05) is 35.5 Å². The molecule has 0 N–H and O–H groups in total. The summed E-state index contributed by atoms with van der Waals surface area (Å²) in [5.41, 5.74) is 4.29. The van der Waals surface area contributed by atoms with Crippen LogP contribution in [0.4, 0.5) is 0 Å². The highest BCUT2D eigenvalue weighted by Crippen LogP contribution is 2.20. The van der Waals surface area contributed by atoms with Crippen LogP contribution < -0.4 is 0 Å². The van der Waals surface area contributed by atoms with Gasteiger partial charge in [0.1, 0.15) is 5.69 Å². The summed E-state index contributed by atoms with van der Waals surface area (Å²) in [6, 6.07) is 10.4. The number of carbonyl (C=O) groups is 1. The summed E-state index contributed by atoms with van der Waals surface area (Å²) in [5, 5.41) is 7.39. The van der Waals surface area contributed by atoms with Crippen LogP contribution in [0.15, 0.2) is 41.3 Å². The second-order valence-corrected chi connectivity index (χ2v) is 6.24. The number of nitrogens with zero attached hydrogens (tertiary/aromatic N) is 5.